The van der Waals surface area contributed by atoms with Crippen LogP contribution in [0.2, 0.25) is 0 Å². The Labute approximate surface area is 171 Å². The molecule has 5 nitrogen and oxygen atoms in total. The first-order chi connectivity index (χ1) is 14.2. The minimum atomic E-state index is -0.229. The number of para-hydroxylation sites is 1. The normalized spacial score (nSPS) is 16.1. The van der Waals surface area contributed by atoms with Crippen molar-refractivity contribution in [2.45, 2.75) is 19.5 Å². The van der Waals surface area contributed by atoms with Gasteiger partial charge in [0.1, 0.15) is 5.82 Å². The van der Waals surface area contributed by atoms with E-state index in [1.54, 1.807) is 35.4 Å². The van der Waals surface area contributed by atoms with Crippen molar-refractivity contribution < 1.29 is 4.39 Å². The number of rotatable bonds is 7. The predicted molar refractivity (Wildman–Crippen MR) is 115 cm³/mol. The number of imidazole rings is 1. The highest BCUT2D eigenvalue weighted by atomic mass is 19.1. The molecule has 1 aliphatic rings. The van der Waals surface area contributed by atoms with Crippen LogP contribution in [-0.2, 0) is 6.54 Å². The molecular formula is C23H28FN5. The highest BCUT2D eigenvalue weighted by Crippen LogP contribution is 2.17. The zero-order chi connectivity index (χ0) is 20.1. The van der Waals surface area contributed by atoms with Crippen LogP contribution < -0.4 is 10.2 Å². The summed E-state index contributed by atoms with van der Waals surface area (Å²) in [6, 6.07) is 16.4. The van der Waals surface area contributed by atoms with Crippen LogP contribution in [0.5, 0.6) is 0 Å². The third-order valence-corrected chi connectivity index (χ3v) is 5.62. The van der Waals surface area contributed by atoms with Gasteiger partial charge in [-0.05, 0) is 36.8 Å². The maximum absolute atomic E-state index is 14.4. The van der Waals surface area contributed by atoms with Crippen LogP contribution in [0.4, 0.5) is 10.1 Å². The second-order valence-corrected chi connectivity index (χ2v) is 7.59. The molecule has 4 rings (SSSR count). The smallest absolute Gasteiger partial charge is 0.147 e. The lowest BCUT2D eigenvalue weighted by atomic mass is 10.1. The van der Waals surface area contributed by atoms with Crippen LogP contribution in [0.3, 0.4) is 0 Å². The molecule has 1 aliphatic heterocycles. The minimum Gasteiger partial charge on any atom is -0.369 e. The number of nitrogens with zero attached hydrogens (tertiary/aromatic N) is 4. The van der Waals surface area contributed by atoms with Crippen molar-refractivity contribution in [2.75, 3.05) is 37.6 Å². The van der Waals surface area contributed by atoms with Gasteiger partial charge in [0.05, 0.1) is 12.0 Å². The summed E-state index contributed by atoms with van der Waals surface area (Å²) in [5.74, 6) is -0.229. The Hall–Kier alpha value is -2.70. The van der Waals surface area contributed by atoms with Gasteiger partial charge in [-0.2, -0.15) is 0 Å². The van der Waals surface area contributed by atoms with Gasteiger partial charge in [0.15, 0.2) is 0 Å². The molecule has 2 aromatic carbocycles. The van der Waals surface area contributed by atoms with E-state index in [-0.39, 0.29) is 5.82 Å². The molecule has 0 aliphatic carbocycles. The van der Waals surface area contributed by atoms with Gasteiger partial charge in [0, 0.05) is 63.4 Å². The standard InChI is InChI=1S/C23H28FN5/c1-19(27-11-13-28(14-12-27)21-5-3-2-4-6-21)16-26-17-20-7-8-23(22(24)15-20)29-10-9-25-18-29/h2-10,15,18-19,26H,11-14,16-17H2,1H3. The van der Waals surface area contributed by atoms with E-state index < -0.39 is 0 Å². The van der Waals surface area contributed by atoms with Crippen LogP contribution in [0.1, 0.15) is 12.5 Å². The summed E-state index contributed by atoms with van der Waals surface area (Å²) in [7, 11) is 0. The molecule has 0 bridgehead atoms. The first kappa shape index (κ1) is 19.6. The van der Waals surface area contributed by atoms with Crippen molar-refractivity contribution in [1.29, 1.82) is 0 Å². The lowest BCUT2D eigenvalue weighted by molar-refractivity contribution is 0.193. The summed E-state index contributed by atoms with van der Waals surface area (Å²) in [4.78, 5) is 8.94. The largest absolute Gasteiger partial charge is 0.369 e. The maximum atomic E-state index is 14.4. The SMILES string of the molecule is CC(CNCc1ccc(-n2ccnc2)c(F)c1)N1CCN(c2ccccc2)CC1. The number of benzene rings is 2. The molecule has 6 heteroatoms. The molecule has 1 atom stereocenters. The van der Waals surface area contributed by atoms with E-state index in [0.29, 0.717) is 18.3 Å². The van der Waals surface area contributed by atoms with E-state index >= 15 is 0 Å². The molecule has 1 fully saturated rings. The first-order valence-electron chi connectivity index (χ1n) is 10.2. The van der Waals surface area contributed by atoms with E-state index in [1.165, 1.54) is 5.69 Å². The van der Waals surface area contributed by atoms with Gasteiger partial charge in [-0.25, -0.2) is 9.37 Å². The number of anilines is 1. The van der Waals surface area contributed by atoms with Gasteiger partial charge >= 0.3 is 0 Å². The molecule has 3 aromatic rings. The molecule has 1 saturated heterocycles. The molecule has 29 heavy (non-hydrogen) atoms. The molecule has 152 valence electrons. The fourth-order valence-corrected chi connectivity index (χ4v) is 3.89. The van der Waals surface area contributed by atoms with Gasteiger partial charge in [-0.1, -0.05) is 24.3 Å². The second-order valence-electron chi connectivity index (χ2n) is 7.59. The Bertz CT molecular complexity index is 889. The van der Waals surface area contributed by atoms with Crippen LogP contribution in [-0.4, -0.2) is 53.2 Å². The van der Waals surface area contributed by atoms with E-state index in [9.17, 15) is 4.39 Å². The number of hydrogen-bond donors (Lipinski definition) is 1. The Balaban J connectivity index is 1.23. The minimum absolute atomic E-state index is 0.229. The van der Waals surface area contributed by atoms with Crippen LogP contribution in [0, 0.1) is 5.82 Å². The van der Waals surface area contributed by atoms with E-state index in [0.717, 1.165) is 38.3 Å². The Morgan fingerprint density at radius 2 is 1.86 bits per heavy atom. The molecule has 1 N–H and O–H groups in total. The third kappa shape index (κ3) is 4.83. The number of hydrogen-bond acceptors (Lipinski definition) is 4. The summed E-state index contributed by atoms with van der Waals surface area (Å²) in [6.07, 6.45) is 5.00. The van der Waals surface area contributed by atoms with Gasteiger partial charge in [0.25, 0.3) is 0 Å². The summed E-state index contributed by atoms with van der Waals surface area (Å²) < 4.78 is 16.1. The molecule has 0 saturated carbocycles. The van der Waals surface area contributed by atoms with Crippen molar-refractivity contribution in [3.05, 3.63) is 78.6 Å². The molecule has 0 amide bonds. The second kappa shape index (κ2) is 9.20. The number of aromatic nitrogens is 2. The van der Waals surface area contributed by atoms with Crippen molar-refractivity contribution in [3.8, 4) is 5.69 Å². The summed E-state index contributed by atoms with van der Waals surface area (Å²) in [6.45, 7) is 8.03. The van der Waals surface area contributed by atoms with Gasteiger partial charge in [-0.15, -0.1) is 0 Å². The number of nitrogens with one attached hydrogen (secondary N) is 1. The Morgan fingerprint density at radius 1 is 1.07 bits per heavy atom. The summed E-state index contributed by atoms with van der Waals surface area (Å²) in [5, 5.41) is 3.48. The summed E-state index contributed by atoms with van der Waals surface area (Å²) in [5.41, 5.74) is 2.78. The van der Waals surface area contributed by atoms with Gasteiger partial charge in [0.2, 0.25) is 0 Å². The lowest BCUT2D eigenvalue weighted by Gasteiger charge is -2.39. The lowest BCUT2D eigenvalue weighted by Crippen LogP contribution is -2.51. The highest BCUT2D eigenvalue weighted by Gasteiger charge is 2.20. The van der Waals surface area contributed by atoms with Gasteiger partial charge in [-0.3, -0.25) is 4.90 Å². The van der Waals surface area contributed by atoms with E-state index in [1.807, 2.05) is 6.07 Å². The molecule has 2 heterocycles. The quantitative estimate of drug-likeness (QED) is 0.668. The van der Waals surface area contributed by atoms with Crippen molar-refractivity contribution >= 4 is 5.69 Å². The monoisotopic (exact) mass is 393 g/mol. The number of halogens is 1. The predicted octanol–water partition coefficient (Wildman–Crippen LogP) is 3.31. The topological polar surface area (TPSA) is 36.3 Å². The number of piperazine rings is 1. The zero-order valence-corrected chi connectivity index (χ0v) is 16.8. The van der Waals surface area contributed by atoms with Crippen molar-refractivity contribution in [1.82, 2.24) is 19.8 Å². The average molecular weight is 394 g/mol. The van der Waals surface area contributed by atoms with Crippen molar-refractivity contribution in [3.63, 3.8) is 0 Å². The molecule has 0 radical (unpaired) electrons. The maximum Gasteiger partial charge on any atom is 0.147 e. The van der Waals surface area contributed by atoms with Crippen LogP contribution >= 0.6 is 0 Å². The fraction of sp³-hybridized carbons (Fsp3) is 0.348. The highest BCUT2D eigenvalue weighted by molar-refractivity contribution is 5.46. The molecule has 1 unspecified atom stereocenters. The first-order valence-corrected chi connectivity index (χ1v) is 10.2. The Morgan fingerprint density at radius 3 is 2.55 bits per heavy atom. The average Bonchev–Trinajstić information content (AvgIpc) is 3.29. The molecule has 0 spiro atoms. The van der Waals surface area contributed by atoms with Gasteiger partial charge < -0.3 is 14.8 Å². The van der Waals surface area contributed by atoms with E-state index in [4.69, 9.17) is 0 Å². The molecule has 1 aromatic heterocycles. The van der Waals surface area contributed by atoms with Crippen molar-refractivity contribution in [2.24, 2.45) is 0 Å². The Kier molecular flexibility index (Phi) is 6.22. The summed E-state index contributed by atoms with van der Waals surface area (Å²) >= 11 is 0. The fourth-order valence-electron chi connectivity index (χ4n) is 3.89. The van der Waals surface area contributed by atoms with Crippen LogP contribution in [0.15, 0.2) is 67.3 Å². The third-order valence-electron chi connectivity index (χ3n) is 5.62. The van der Waals surface area contributed by atoms with E-state index in [2.05, 4.69) is 57.4 Å². The van der Waals surface area contributed by atoms with Crippen LogP contribution in [0.25, 0.3) is 5.69 Å². The zero-order valence-electron chi connectivity index (χ0n) is 16.8. The molecular weight excluding hydrogens is 365 g/mol.